The van der Waals surface area contributed by atoms with Gasteiger partial charge in [-0.05, 0) is 68.5 Å². The van der Waals surface area contributed by atoms with Gasteiger partial charge in [0, 0.05) is 17.1 Å². The normalized spacial score (nSPS) is 13.9. The lowest BCUT2D eigenvalue weighted by molar-refractivity contribution is 0.527. The summed E-state index contributed by atoms with van der Waals surface area (Å²) in [5.41, 5.74) is 2.93. The first-order valence-electron chi connectivity index (χ1n) is 11.1. The number of thioether (sulfide) groups is 1. The van der Waals surface area contributed by atoms with Crippen molar-refractivity contribution >= 4 is 34.3 Å². The molecule has 1 aliphatic rings. The Labute approximate surface area is 200 Å². The number of nitrogens with zero attached hydrogens (tertiary/aromatic N) is 4. The summed E-state index contributed by atoms with van der Waals surface area (Å²) in [6.45, 7) is 0.616. The van der Waals surface area contributed by atoms with E-state index in [-0.39, 0.29) is 5.56 Å². The average Bonchev–Trinajstić information content (AvgIpc) is 3.32. The van der Waals surface area contributed by atoms with Crippen LogP contribution in [-0.2, 0) is 12.3 Å². The predicted octanol–water partition coefficient (Wildman–Crippen LogP) is 6.28. The summed E-state index contributed by atoms with van der Waals surface area (Å²) < 4.78 is 7.62. The standard InChI is InChI=1S/C25H23ClN4O2S/c26-19-12-10-18(11-13-19)23-29-28-22(32-23)16-33-25-27-21-9-5-4-8-20(21)24(31)30(25)15-14-17-6-2-1-3-7-17/h4-6,8-13H,1-3,7,14-16H2. The second-order valence-electron chi connectivity index (χ2n) is 8.02. The highest BCUT2D eigenvalue weighted by molar-refractivity contribution is 7.98. The smallest absolute Gasteiger partial charge is 0.262 e. The maximum atomic E-state index is 13.3. The van der Waals surface area contributed by atoms with Crippen molar-refractivity contribution in [2.24, 2.45) is 0 Å². The second-order valence-corrected chi connectivity index (χ2v) is 9.40. The molecule has 0 amide bonds. The minimum Gasteiger partial charge on any atom is -0.420 e. The molecule has 0 fully saturated rings. The van der Waals surface area contributed by atoms with Crippen LogP contribution in [0.3, 0.4) is 0 Å². The van der Waals surface area contributed by atoms with Gasteiger partial charge in [-0.1, -0.05) is 47.1 Å². The summed E-state index contributed by atoms with van der Waals surface area (Å²) >= 11 is 7.40. The van der Waals surface area contributed by atoms with Crippen molar-refractivity contribution < 1.29 is 4.42 Å². The second kappa shape index (κ2) is 9.93. The zero-order valence-corrected chi connectivity index (χ0v) is 19.6. The maximum absolute atomic E-state index is 13.3. The number of allylic oxidation sites excluding steroid dienone is 2. The van der Waals surface area contributed by atoms with Crippen LogP contribution in [-0.4, -0.2) is 19.7 Å². The number of fused-ring (bicyclic) bond motifs is 1. The zero-order valence-electron chi connectivity index (χ0n) is 18.0. The van der Waals surface area contributed by atoms with Gasteiger partial charge in [0.25, 0.3) is 5.56 Å². The Morgan fingerprint density at radius 1 is 1.06 bits per heavy atom. The van der Waals surface area contributed by atoms with E-state index in [4.69, 9.17) is 21.0 Å². The summed E-state index contributed by atoms with van der Waals surface area (Å²) in [7, 11) is 0. The van der Waals surface area contributed by atoms with Gasteiger partial charge in [0.05, 0.1) is 16.7 Å². The molecule has 0 saturated heterocycles. The lowest BCUT2D eigenvalue weighted by Crippen LogP contribution is -2.24. The van der Waals surface area contributed by atoms with Gasteiger partial charge in [-0.2, -0.15) is 0 Å². The SMILES string of the molecule is O=c1c2ccccc2nc(SCc2nnc(-c3ccc(Cl)cc3)o2)n1CCC1=CCCCC1. The molecule has 1 aliphatic carbocycles. The third kappa shape index (κ3) is 5.04. The van der Waals surface area contributed by atoms with Gasteiger partial charge in [-0.25, -0.2) is 4.98 Å². The van der Waals surface area contributed by atoms with E-state index >= 15 is 0 Å². The molecule has 2 heterocycles. The molecule has 2 aromatic heterocycles. The van der Waals surface area contributed by atoms with E-state index < -0.39 is 0 Å². The van der Waals surface area contributed by atoms with Crippen LogP contribution >= 0.6 is 23.4 Å². The van der Waals surface area contributed by atoms with Crippen molar-refractivity contribution in [1.29, 1.82) is 0 Å². The topological polar surface area (TPSA) is 73.8 Å². The first-order chi connectivity index (χ1) is 16.2. The predicted molar refractivity (Wildman–Crippen MR) is 131 cm³/mol. The van der Waals surface area contributed by atoms with Crippen molar-refractivity contribution in [2.75, 3.05) is 0 Å². The fourth-order valence-corrected chi connectivity index (χ4v) is 4.98. The highest BCUT2D eigenvalue weighted by Crippen LogP contribution is 2.26. The molecule has 0 atom stereocenters. The Bertz CT molecular complexity index is 1360. The number of hydrogen-bond donors (Lipinski definition) is 0. The highest BCUT2D eigenvalue weighted by atomic mass is 35.5. The fourth-order valence-electron chi connectivity index (χ4n) is 3.99. The van der Waals surface area contributed by atoms with Crippen LogP contribution < -0.4 is 5.56 Å². The monoisotopic (exact) mass is 478 g/mol. The van der Waals surface area contributed by atoms with E-state index in [2.05, 4.69) is 16.3 Å². The van der Waals surface area contributed by atoms with Crippen molar-refractivity contribution in [2.45, 2.75) is 49.6 Å². The molecule has 2 aromatic carbocycles. The fraction of sp³-hybridized carbons (Fsp3) is 0.280. The molecule has 4 aromatic rings. The molecule has 0 radical (unpaired) electrons. The minimum atomic E-state index is -0.00751. The molecule has 0 bridgehead atoms. The molecule has 33 heavy (non-hydrogen) atoms. The van der Waals surface area contributed by atoms with E-state index in [1.807, 2.05) is 36.4 Å². The number of hydrogen-bond acceptors (Lipinski definition) is 6. The highest BCUT2D eigenvalue weighted by Gasteiger charge is 2.15. The molecule has 0 saturated carbocycles. The summed E-state index contributed by atoms with van der Waals surface area (Å²) in [6, 6.07) is 14.8. The van der Waals surface area contributed by atoms with Crippen LogP contribution in [0.2, 0.25) is 5.02 Å². The first-order valence-corrected chi connectivity index (χ1v) is 12.4. The third-order valence-corrected chi connectivity index (χ3v) is 6.96. The van der Waals surface area contributed by atoms with Crippen molar-refractivity contribution in [1.82, 2.24) is 19.7 Å². The first kappa shape index (κ1) is 21.9. The maximum Gasteiger partial charge on any atom is 0.262 e. The molecule has 8 heteroatoms. The van der Waals surface area contributed by atoms with Crippen LogP contribution in [0.15, 0.2) is 74.5 Å². The number of rotatable bonds is 7. The molecule has 0 unspecified atom stereocenters. The largest absolute Gasteiger partial charge is 0.420 e. The quantitative estimate of drug-likeness (QED) is 0.177. The summed E-state index contributed by atoms with van der Waals surface area (Å²) in [4.78, 5) is 18.1. The lowest BCUT2D eigenvalue weighted by atomic mass is 9.97. The molecule has 0 aliphatic heterocycles. The number of benzene rings is 2. The van der Waals surface area contributed by atoms with E-state index in [9.17, 15) is 4.79 Å². The Balaban J connectivity index is 1.39. The van der Waals surface area contributed by atoms with Gasteiger partial charge >= 0.3 is 0 Å². The van der Waals surface area contributed by atoms with Crippen molar-refractivity contribution in [3.05, 3.63) is 81.4 Å². The Morgan fingerprint density at radius 2 is 1.91 bits per heavy atom. The molecule has 6 nitrogen and oxygen atoms in total. The molecule has 0 N–H and O–H groups in total. The van der Waals surface area contributed by atoms with Gasteiger partial charge < -0.3 is 4.42 Å². The number of halogens is 1. The molecule has 0 spiro atoms. The number of para-hydroxylation sites is 1. The van der Waals surface area contributed by atoms with Crippen LogP contribution in [0.5, 0.6) is 0 Å². The average molecular weight is 479 g/mol. The van der Waals surface area contributed by atoms with E-state index in [1.54, 1.807) is 16.7 Å². The molecule has 5 rings (SSSR count). The Hall–Kier alpha value is -2.90. The minimum absolute atomic E-state index is 0.00751. The lowest BCUT2D eigenvalue weighted by Gasteiger charge is -2.16. The molecular formula is C25H23ClN4O2S. The van der Waals surface area contributed by atoms with Gasteiger partial charge in [0.15, 0.2) is 5.16 Å². The third-order valence-electron chi connectivity index (χ3n) is 5.75. The Kier molecular flexibility index (Phi) is 6.60. The molecular weight excluding hydrogens is 456 g/mol. The number of aromatic nitrogens is 4. The Morgan fingerprint density at radius 3 is 2.73 bits per heavy atom. The van der Waals surface area contributed by atoms with Crippen LogP contribution in [0.4, 0.5) is 0 Å². The summed E-state index contributed by atoms with van der Waals surface area (Å²) in [5.74, 6) is 1.35. The van der Waals surface area contributed by atoms with Crippen LogP contribution in [0.25, 0.3) is 22.4 Å². The summed E-state index contributed by atoms with van der Waals surface area (Å²) in [6.07, 6.45) is 7.93. The zero-order chi connectivity index (χ0) is 22.6. The van der Waals surface area contributed by atoms with E-state index in [1.165, 1.54) is 30.2 Å². The van der Waals surface area contributed by atoms with E-state index in [0.717, 1.165) is 24.8 Å². The van der Waals surface area contributed by atoms with Crippen LogP contribution in [0.1, 0.15) is 38.0 Å². The summed E-state index contributed by atoms with van der Waals surface area (Å²) in [5, 5.41) is 10.3. The van der Waals surface area contributed by atoms with E-state index in [0.29, 0.717) is 45.2 Å². The van der Waals surface area contributed by atoms with Crippen molar-refractivity contribution in [3.63, 3.8) is 0 Å². The van der Waals surface area contributed by atoms with Gasteiger partial charge in [0.1, 0.15) is 0 Å². The molecule has 168 valence electrons. The van der Waals surface area contributed by atoms with Crippen LogP contribution in [0, 0.1) is 0 Å². The van der Waals surface area contributed by atoms with Gasteiger partial charge in [-0.3, -0.25) is 9.36 Å². The van der Waals surface area contributed by atoms with Gasteiger partial charge in [0.2, 0.25) is 11.8 Å². The van der Waals surface area contributed by atoms with Gasteiger partial charge in [-0.15, -0.1) is 10.2 Å². The van der Waals surface area contributed by atoms with Crippen molar-refractivity contribution in [3.8, 4) is 11.5 Å².